The van der Waals surface area contributed by atoms with Crippen LogP contribution in [0.5, 0.6) is 0 Å². The Kier molecular flexibility index (Phi) is 4.97. The second-order valence-electron chi connectivity index (χ2n) is 5.69. The Morgan fingerprint density at radius 3 is 2.21 bits per heavy atom. The molecule has 1 aromatic rings. The second kappa shape index (κ2) is 6.51. The molecule has 2 rings (SSSR count). The monoisotopic (exact) mass is 261 g/mol. The van der Waals surface area contributed by atoms with Gasteiger partial charge in [-0.05, 0) is 55.5 Å². The molecule has 1 saturated heterocycles. The van der Waals surface area contributed by atoms with Crippen LogP contribution in [0.4, 0.5) is 0 Å². The van der Waals surface area contributed by atoms with E-state index in [0.717, 1.165) is 39.4 Å². The number of nitrogens with zero attached hydrogens (tertiary/aromatic N) is 1. The molecule has 0 aliphatic carbocycles. The van der Waals surface area contributed by atoms with E-state index in [4.69, 9.17) is 0 Å². The van der Waals surface area contributed by atoms with E-state index in [1.807, 2.05) is 0 Å². The van der Waals surface area contributed by atoms with Gasteiger partial charge in [0.25, 0.3) is 0 Å². The van der Waals surface area contributed by atoms with Gasteiger partial charge in [0.1, 0.15) is 0 Å². The molecule has 0 saturated carbocycles. The third kappa shape index (κ3) is 3.56. The Labute approximate surface area is 117 Å². The average Bonchev–Trinajstić information content (AvgIpc) is 2.42. The minimum absolute atomic E-state index is 0.976. The van der Waals surface area contributed by atoms with Crippen molar-refractivity contribution < 1.29 is 0 Å². The van der Waals surface area contributed by atoms with Crippen LogP contribution in [0, 0.1) is 27.7 Å². The predicted molar refractivity (Wildman–Crippen MR) is 81.5 cm³/mol. The number of aryl methyl sites for hydroxylation is 2. The molecule has 0 spiro atoms. The van der Waals surface area contributed by atoms with Crippen molar-refractivity contribution in [2.45, 2.75) is 34.2 Å². The summed E-state index contributed by atoms with van der Waals surface area (Å²) in [7, 11) is 0. The summed E-state index contributed by atoms with van der Waals surface area (Å²) >= 11 is 0. The normalized spacial score (nSPS) is 16.8. The lowest BCUT2D eigenvalue weighted by molar-refractivity contribution is 0.223. The van der Waals surface area contributed by atoms with Crippen molar-refractivity contribution in [1.29, 1.82) is 0 Å². The molecule has 0 bridgehead atoms. The lowest BCUT2D eigenvalue weighted by Gasteiger charge is -2.27. The Balaban J connectivity index is 1.95. The van der Waals surface area contributed by atoms with Crippen LogP contribution >= 0.6 is 0 Å². The SMILES string of the molecule is Cc1cc(C)c(C)c(CNCN2CCNCC2)c1C. The molecular weight excluding hydrogens is 234 g/mol. The fourth-order valence-corrected chi connectivity index (χ4v) is 2.77. The van der Waals surface area contributed by atoms with Crippen LogP contribution < -0.4 is 10.6 Å². The maximum atomic E-state index is 3.61. The smallest absolute Gasteiger partial charge is 0.0484 e. The first-order valence-corrected chi connectivity index (χ1v) is 7.29. The molecule has 0 atom stereocenters. The molecule has 0 radical (unpaired) electrons. The quantitative estimate of drug-likeness (QED) is 0.866. The molecule has 1 heterocycles. The largest absolute Gasteiger partial charge is 0.314 e. The van der Waals surface area contributed by atoms with Crippen molar-refractivity contribution in [2.75, 3.05) is 32.8 Å². The van der Waals surface area contributed by atoms with Crippen molar-refractivity contribution >= 4 is 0 Å². The van der Waals surface area contributed by atoms with Crippen LogP contribution in [-0.2, 0) is 6.54 Å². The lowest BCUT2D eigenvalue weighted by atomic mass is 9.94. The fraction of sp³-hybridized carbons (Fsp3) is 0.625. The van der Waals surface area contributed by atoms with Gasteiger partial charge in [-0.3, -0.25) is 4.90 Å². The van der Waals surface area contributed by atoms with Gasteiger partial charge in [0, 0.05) is 39.4 Å². The standard InChI is InChI=1S/C16H27N3/c1-12-9-13(2)15(4)16(14(12)3)10-18-11-19-7-5-17-6-8-19/h9,17-18H,5-8,10-11H2,1-4H3. The Morgan fingerprint density at radius 2 is 1.63 bits per heavy atom. The van der Waals surface area contributed by atoms with Crippen molar-refractivity contribution in [3.63, 3.8) is 0 Å². The maximum Gasteiger partial charge on any atom is 0.0484 e. The molecule has 1 aliphatic heterocycles. The van der Waals surface area contributed by atoms with Gasteiger partial charge in [0.05, 0.1) is 0 Å². The predicted octanol–water partition coefficient (Wildman–Crippen LogP) is 1.87. The first-order chi connectivity index (χ1) is 9.09. The highest BCUT2D eigenvalue weighted by Crippen LogP contribution is 2.21. The fourth-order valence-electron chi connectivity index (χ4n) is 2.77. The van der Waals surface area contributed by atoms with E-state index in [2.05, 4.69) is 49.3 Å². The van der Waals surface area contributed by atoms with E-state index in [1.165, 1.54) is 27.8 Å². The summed E-state index contributed by atoms with van der Waals surface area (Å²) in [5.41, 5.74) is 7.17. The van der Waals surface area contributed by atoms with E-state index in [0.29, 0.717) is 0 Å². The number of piperazine rings is 1. The summed E-state index contributed by atoms with van der Waals surface area (Å²) in [5, 5.41) is 6.99. The van der Waals surface area contributed by atoms with E-state index in [9.17, 15) is 0 Å². The van der Waals surface area contributed by atoms with E-state index >= 15 is 0 Å². The summed E-state index contributed by atoms with van der Waals surface area (Å²) in [6.07, 6.45) is 0. The Bertz CT molecular complexity index is 408. The molecule has 0 amide bonds. The van der Waals surface area contributed by atoms with Crippen LogP contribution in [0.25, 0.3) is 0 Å². The summed E-state index contributed by atoms with van der Waals surface area (Å²) in [6, 6.07) is 2.30. The van der Waals surface area contributed by atoms with Crippen LogP contribution in [0.2, 0.25) is 0 Å². The maximum absolute atomic E-state index is 3.61. The van der Waals surface area contributed by atoms with Gasteiger partial charge in [-0.25, -0.2) is 0 Å². The third-order valence-electron chi connectivity index (χ3n) is 4.37. The molecule has 0 aromatic heterocycles. The van der Waals surface area contributed by atoms with Crippen LogP contribution in [0.3, 0.4) is 0 Å². The summed E-state index contributed by atoms with van der Waals surface area (Å²) < 4.78 is 0. The van der Waals surface area contributed by atoms with Gasteiger partial charge in [0.15, 0.2) is 0 Å². The summed E-state index contributed by atoms with van der Waals surface area (Å²) in [5.74, 6) is 0. The van der Waals surface area contributed by atoms with Crippen molar-refractivity contribution in [3.05, 3.63) is 33.9 Å². The highest BCUT2D eigenvalue weighted by Gasteiger charge is 2.11. The summed E-state index contributed by atoms with van der Waals surface area (Å²) in [6.45, 7) is 15.4. The van der Waals surface area contributed by atoms with Gasteiger partial charge in [0.2, 0.25) is 0 Å². The molecule has 106 valence electrons. The Hall–Kier alpha value is -0.900. The van der Waals surface area contributed by atoms with Gasteiger partial charge >= 0.3 is 0 Å². The van der Waals surface area contributed by atoms with Crippen molar-refractivity contribution in [3.8, 4) is 0 Å². The topological polar surface area (TPSA) is 27.3 Å². The average molecular weight is 261 g/mol. The molecular formula is C16H27N3. The zero-order chi connectivity index (χ0) is 13.8. The zero-order valence-corrected chi connectivity index (χ0v) is 12.8. The molecule has 0 unspecified atom stereocenters. The summed E-state index contributed by atoms with van der Waals surface area (Å²) in [4.78, 5) is 2.48. The number of rotatable bonds is 4. The molecule has 3 heteroatoms. The minimum Gasteiger partial charge on any atom is -0.314 e. The van der Waals surface area contributed by atoms with Gasteiger partial charge in [-0.15, -0.1) is 0 Å². The molecule has 1 fully saturated rings. The van der Waals surface area contributed by atoms with Crippen LogP contribution in [0.15, 0.2) is 6.07 Å². The molecule has 1 aliphatic rings. The first-order valence-electron chi connectivity index (χ1n) is 7.29. The number of hydrogen-bond donors (Lipinski definition) is 2. The van der Waals surface area contributed by atoms with Crippen LogP contribution in [-0.4, -0.2) is 37.7 Å². The second-order valence-corrected chi connectivity index (χ2v) is 5.69. The zero-order valence-electron chi connectivity index (χ0n) is 12.8. The lowest BCUT2D eigenvalue weighted by Crippen LogP contribution is -2.47. The molecule has 19 heavy (non-hydrogen) atoms. The third-order valence-corrected chi connectivity index (χ3v) is 4.37. The van der Waals surface area contributed by atoms with Gasteiger partial charge in [-0.2, -0.15) is 0 Å². The molecule has 2 N–H and O–H groups in total. The number of benzene rings is 1. The van der Waals surface area contributed by atoms with Crippen LogP contribution in [0.1, 0.15) is 27.8 Å². The highest BCUT2D eigenvalue weighted by molar-refractivity contribution is 5.43. The van der Waals surface area contributed by atoms with Crippen molar-refractivity contribution in [2.24, 2.45) is 0 Å². The molecule has 3 nitrogen and oxygen atoms in total. The van der Waals surface area contributed by atoms with Gasteiger partial charge < -0.3 is 10.6 Å². The Morgan fingerprint density at radius 1 is 1.05 bits per heavy atom. The highest BCUT2D eigenvalue weighted by atomic mass is 15.2. The number of nitrogens with one attached hydrogen (secondary N) is 2. The van der Waals surface area contributed by atoms with E-state index in [-0.39, 0.29) is 0 Å². The van der Waals surface area contributed by atoms with E-state index in [1.54, 1.807) is 0 Å². The minimum atomic E-state index is 0.976. The molecule has 1 aromatic carbocycles. The van der Waals surface area contributed by atoms with Gasteiger partial charge in [-0.1, -0.05) is 6.07 Å². The van der Waals surface area contributed by atoms with E-state index < -0.39 is 0 Å². The van der Waals surface area contributed by atoms with Crippen molar-refractivity contribution in [1.82, 2.24) is 15.5 Å². The first kappa shape index (κ1) is 14.5. The number of hydrogen-bond acceptors (Lipinski definition) is 3.